The first-order valence-electron chi connectivity index (χ1n) is 4.92. The maximum absolute atomic E-state index is 5.79. The third kappa shape index (κ3) is 4.61. The van der Waals surface area contributed by atoms with Crippen molar-refractivity contribution in [3.05, 3.63) is 34.9 Å². The summed E-state index contributed by atoms with van der Waals surface area (Å²) in [7, 11) is 1.96. The van der Waals surface area contributed by atoms with Crippen LogP contribution in [-0.2, 0) is 6.42 Å². The van der Waals surface area contributed by atoms with E-state index in [9.17, 15) is 0 Å². The van der Waals surface area contributed by atoms with E-state index in [1.54, 1.807) is 0 Å². The summed E-state index contributed by atoms with van der Waals surface area (Å²) in [5, 5.41) is 7.25. The molecule has 0 fully saturated rings. The first-order valence-corrected chi connectivity index (χ1v) is 5.30. The second-order valence-corrected chi connectivity index (χ2v) is 3.67. The van der Waals surface area contributed by atoms with Gasteiger partial charge in [-0.2, -0.15) is 0 Å². The molecule has 1 aromatic rings. The van der Waals surface area contributed by atoms with Crippen molar-refractivity contribution in [2.24, 2.45) is 0 Å². The van der Waals surface area contributed by atoms with Crippen LogP contribution in [0.5, 0.6) is 0 Å². The van der Waals surface area contributed by atoms with Gasteiger partial charge in [-0.25, -0.2) is 0 Å². The first kappa shape index (κ1) is 11.5. The summed E-state index contributed by atoms with van der Waals surface area (Å²) in [4.78, 5) is 0. The fourth-order valence-electron chi connectivity index (χ4n) is 1.22. The molecule has 0 atom stereocenters. The smallest absolute Gasteiger partial charge is 0.0406 e. The summed E-state index contributed by atoms with van der Waals surface area (Å²) >= 11 is 5.79. The summed E-state index contributed by atoms with van der Waals surface area (Å²) in [6, 6.07) is 8.01. The summed E-state index contributed by atoms with van der Waals surface area (Å²) in [5.74, 6) is 0. The summed E-state index contributed by atoms with van der Waals surface area (Å²) < 4.78 is 0. The fourth-order valence-corrected chi connectivity index (χ4v) is 1.35. The Morgan fingerprint density at radius 2 is 1.79 bits per heavy atom. The number of likely N-dealkylation sites (N-methyl/N-ethyl adjacent to an activating group) is 1. The van der Waals surface area contributed by atoms with Gasteiger partial charge < -0.3 is 10.6 Å². The molecule has 0 saturated heterocycles. The standard InChI is InChI=1S/C11H17ClN2/c1-13-8-9-14-7-6-10-2-4-11(12)5-3-10/h2-5,13-14H,6-9H2,1H3. The van der Waals surface area contributed by atoms with Crippen molar-refractivity contribution in [3.63, 3.8) is 0 Å². The Hall–Kier alpha value is -0.570. The average Bonchev–Trinajstić information content (AvgIpc) is 2.21. The highest BCUT2D eigenvalue weighted by molar-refractivity contribution is 6.30. The lowest BCUT2D eigenvalue weighted by Crippen LogP contribution is -2.26. The molecule has 0 aliphatic heterocycles. The van der Waals surface area contributed by atoms with Crippen LogP contribution in [0, 0.1) is 0 Å². The molecular weight excluding hydrogens is 196 g/mol. The van der Waals surface area contributed by atoms with Crippen LogP contribution in [0.15, 0.2) is 24.3 Å². The summed E-state index contributed by atoms with van der Waals surface area (Å²) in [6.45, 7) is 3.05. The molecular formula is C11H17ClN2. The lowest BCUT2D eigenvalue weighted by molar-refractivity contribution is 0.649. The quantitative estimate of drug-likeness (QED) is 0.702. The van der Waals surface area contributed by atoms with Gasteiger partial charge in [-0.05, 0) is 37.7 Å². The third-order valence-corrected chi connectivity index (χ3v) is 2.31. The van der Waals surface area contributed by atoms with Crippen molar-refractivity contribution in [3.8, 4) is 0 Å². The molecule has 0 heterocycles. The van der Waals surface area contributed by atoms with Gasteiger partial charge in [0, 0.05) is 18.1 Å². The van der Waals surface area contributed by atoms with Crippen molar-refractivity contribution in [2.75, 3.05) is 26.7 Å². The van der Waals surface area contributed by atoms with Crippen molar-refractivity contribution in [2.45, 2.75) is 6.42 Å². The number of hydrogen-bond acceptors (Lipinski definition) is 2. The van der Waals surface area contributed by atoms with Crippen LogP contribution in [0.2, 0.25) is 5.02 Å². The minimum absolute atomic E-state index is 0.803. The van der Waals surface area contributed by atoms with Crippen LogP contribution in [0.3, 0.4) is 0 Å². The van der Waals surface area contributed by atoms with Crippen LogP contribution >= 0.6 is 11.6 Å². The van der Waals surface area contributed by atoms with Crippen molar-refractivity contribution >= 4 is 11.6 Å². The normalized spacial score (nSPS) is 10.4. The van der Waals surface area contributed by atoms with Gasteiger partial charge in [0.25, 0.3) is 0 Å². The van der Waals surface area contributed by atoms with Gasteiger partial charge >= 0.3 is 0 Å². The molecule has 0 radical (unpaired) electrons. The molecule has 78 valence electrons. The highest BCUT2D eigenvalue weighted by atomic mass is 35.5. The number of nitrogens with one attached hydrogen (secondary N) is 2. The fraction of sp³-hybridized carbons (Fsp3) is 0.455. The van der Waals surface area contributed by atoms with E-state index >= 15 is 0 Å². The molecule has 0 aliphatic carbocycles. The van der Waals surface area contributed by atoms with Crippen LogP contribution in [0.4, 0.5) is 0 Å². The highest BCUT2D eigenvalue weighted by Gasteiger charge is 1.92. The van der Waals surface area contributed by atoms with Gasteiger partial charge in [0.05, 0.1) is 0 Å². The minimum Gasteiger partial charge on any atom is -0.318 e. The van der Waals surface area contributed by atoms with E-state index in [-0.39, 0.29) is 0 Å². The van der Waals surface area contributed by atoms with Gasteiger partial charge in [-0.1, -0.05) is 23.7 Å². The van der Waals surface area contributed by atoms with Gasteiger partial charge in [0.2, 0.25) is 0 Å². The van der Waals surface area contributed by atoms with Gasteiger partial charge in [0.1, 0.15) is 0 Å². The predicted octanol–water partition coefficient (Wildman–Crippen LogP) is 1.69. The Balaban J connectivity index is 2.15. The molecule has 0 bridgehead atoms. The number of halogens is 1. The molecule has 0 aliphatic rings. The van der Waals surface area contributed by atoms with E-state index < -0.39 is 0 Å². The minimum atomic E-state index is 0.803. The van der Waals surface area contributed by atoms with Gasteiger partial charge in [0.15, 0.2) is 0 Å². The Morgan fingerprint density at radius 1 is 1.07 bits per heavy atom. The second-order valence-electron chi connectivity index (χ2n) is 3.23. The number of benzene rings is 1. The van der Waals surface area contributed by atoms with Gasteiger partial charge in [-0.15, -0.1) is 0 Å². The topological polar surface area (TPSA) is 24.1 Å². The van der Waals surface area contributed by atoms with Crippen molar-refractivity contribution < 1.29 is 0 Å². The molecule has 3 heteroatoms. The zero-order chi connectivity index (χ0) is 10.2. The molecule has 0 unspecified atom stereocenters. The maximum Gasteiger partial charge on any atom is 0.0406 e. The Morgan fingerprint density at radius 3 is 2.43 bits per heavy atom. The molecule has 1 aromatic carbocycles. The van der Waals surface area contributed by atoms with Crippen molar-refractivity contribution in [1.29, 1.82) is 0 Å². The molecule has 0 saturated carbocycles. The summed E-state index contributed by atoms with van der Waals surface area (Å²) in [5.41, 5.74) is 1.33. The van der Waals surface area contributed by atoms with Crippen LogP contribution in [-0.4, -0.2) is 26.7 Å². The molecule has 0 amide bonds. The Bertz CT molecular complexity index is 246. The Labute approximate surface area is 90.7 Å². The molecule has 0 spiro atoms. The van der Waals surface area contributed by atoms with Gasteiger partial charge in [-0.3, -0.25) is 0 Å². The van der Waals surface area contributed by atoms with E-state index in [2.05, 4.69) is 22.8 Å². The zero-order valence-electron chi connectivity index (χ0n) is 8.52. The molecule has 14 heavy (non-hydrogen) atoms. The van der Waals surface area contributed by atoms with E-state index in [0.717, 1.165) is 31.1 Å². The molecule has 1 rings (SSSR count). The summed E-state index contributed by atoms with van der Waals surface area (Å²) in [6.07, 6.45) is 1.06. The number of rotatable bonds is 6. The Kier molecular flexibility index (Phi) is 5.60. The second kappa shape index (κ2) is 6.82. The molecule has 2 nitrogen and oxygen atoms in total. The lowest BCUT2D eigenvalue weighted by atomic mass is 10.1. The first-order chi connectivity index (χ1) is 6.83. The predicted molar refractivity (Wildman–Crippen MR) is 62.0 cm³/mol. The van der Waals surface area contributed by atoms with Crippen molar-refractivity contribution in [1.82, 2.24) is 10.6 Å². The lowest BCUT2D eigenvalue weighted by Gasteiger charge is -2.04. The maximum atomic E-state index is 5.79. The SMILES string of the molecule is CNCCNCCc1ccc(Cl)cc1. The van der Waals surface area contributed by atoms with E-state index in [4.69, 9.17) is 11.6 Å². The zero-order valence-corrected chi connectivity index (χ0v) is 9.27. The van der Waals surface area contributed by atoms with Crippen LogP contribution in [0.1, 0.15) is 5.56 Å². The third-order valence-electron chi connectivity index (χ3n) is 2.06. The average molecular weight is 213 g/mol. The van der Waals surface area contributed by atoms with Crippen LogP contribution in [0.25, 0.3) is 0 Å². The largest absolute Gasteiger partial charge is 0.318 e. The monoisotopic (exact) mass is 212 g/mol. The highest BCUT2D eigenvalue weighted by Crippen LogP contribution is 2.09. The van der Waals surface area contributed by atoms with E-state index in [1.807, 2.05) is 19.2 Å². The number of hydrogen-bond donors (Lipinski definition) is 2. The molecule has 0 aromatic heterocycles. The molecule has 2 N–H and O–H groups in total. The van der Waals surface area contributed by atoms with E-state index in [0.29, 0.717) is 0 Å². The van der Waals surface area contributed by atoms with Crippen LogP contribution < -0.4 is 10.6 Å². The van der Waals surface area contributed by atoms with E-state index in [1.165, 1.54) is 5.56 Å².